The summed E-state index contributed by atoms with van der Waals surface area (Å²) in [5.41, 5.74) is 1.10. The molecule has 1 N–H and O–H groups in total. The Morgan fingerprint density at radius 2 is 1.75 bits per heavy atom. The highest BCUT2D eigenvalue weighted by molar-refractivity contribution is 7.89. The van der Waals surface area contributed by atoms with Crippen LogP contribution in [-0.4, -0.2) is 68.7 Å². The van der Waals surface area contributed by atoms with Gasteiger partial charge in [-0.05, 0) is 18.2 Å². The number of benzene rings is 2. The number of nitrogens with one attached hydrogen (secondary N) is 1. The number of sulfonamides is 1. The first kappa shape index (κ1) is 20.7. The predicted octanol–water partition coefficient (Wildman–Crippen LogP) is 1.00. The summed E-state index contributed by atoms with van der Waals surface area (Å²) in [6.07, 6.45) is 0.0217. The molecule has 32 heavy (non-hydrogen) atoms. The first-order chi connectivity index (χ1) is 15.4. The number of piperazine rings is 1. The average molecular weight is 471 g/mol. The molecule has 164 valence electrons. The number of hydrogen-bond donors (Lipinski definition) is 1. The zero-order valence-corrected chi connectivity index (χ0v) is 18.4. The Labute approximate surface area is 186 Å². The van der Waals surface area contributed by atoms with Crippen molar-refractivity contribution in [3.05, 3.63) is 58.5 Å². The van der Waals surface area contributed by atoms with Gasteiger partial charge in [0.05, 0.1) is 29.2 Å². The molecule has 1 amide bonds. The summed E-state index contributed by atoms with van der Waals surface area (Å²) in [4.78, 5) is 26.6. The van der Waals surface area contributed by atoms with Gasteiger partial charge in [-0.25, -0.2) is 13.5 Å². The van der Waals surface area contributed by atoms with Crippen molar-refractivity contribution in [1.29, 1.82) is 0 Å². The largest absolute Gasteiger partial charge is 0.340 e. The molecule has 1 aliphatic rings. The quantitative estimate of drug-likeness (QED) is 0.471. The lowest BCUT2D eigenvalue weighted by molar-refractivity contribution is -0.131. The number of hydrogen-bond acceptors (Lipinski definition) is 8. The number of carbonyl (C=O) groups excluding carboxylic acids is 1. The minimum Gasteiger partial charge on any atom is -0.340 e. The maximum absolute atomic E-state index is 13.2. The lowest BCUT2D eigenvalue weighted by atomic mass is 10.1. The summed E-state index contributed by atoms with van der Waals surface area (Å²) < 4.78 is 35.9. The third-order valence-electron chi connectivity index (χ3n) is 5.55. The summed E-state index contributed by atoms with van der Waals surface area (Å²) >= 11 is 0.973. The van der Waals surface area contributed by atoms with Crippen LogP contribution in [0.25, 0.3) is 21.8 Å². The van der Waals surface area contributed by atoms with Crippen LogP contribution in [0.5, 0.6) is 0 Å². The lowest BCUT2D eigenvalue weighted by Crippen LogP contribution is -2.51. The number of H-pyrrole nitrogens is 1. The number of aromatic nitrogens is 4. The molecule has 2 aromatic carbocycles. The van der Waals surface area contributed by atoms with Crippen molar-refractivity contribution in [1.82, 2.24) is 28.1 Å². The molecule has 1 aliphatic heterocycles. The van der Waals surface area contributed by atoms with E-state index in [9.17, 15) is 18.0 Å². The molecular weight excluding hydrogens is 452 g/mol. The van der Waals surface area contributed by atoms with Crippen LogP contribution >= 0.6 is 11.7 Å². The van der Waals surface area contributed by atoms with Gasteiger partial charge < -0.3 is 4.90 Å². The molecule has 0 spiro atoms. The SMILES string of the molecule is O=C(Cc1n[nH]c(=O)c2ccccc12)N1CCN(S(=O)(=O)c2cccc3nsnc23)CC1. The second kappa shape index (κ2) is 8.04. The molecule has 10 nitrogen and oxygen atoms in total. The van der Waals surface area contributed by atoms with E-state index in [4.69, 9.17) is 0 Å². The average Bonchev–Trinajstić information content (AvgIpc) is 3.30. The van der Waals surface area contributed by atoms with E-state index in [0.29, 0.717) is 27.5 Å². The Hall–Kier alpha value is -3.22. The van der Waals surface area contributed by atoms with Crippen LogP contribution in [0, 0.1) is 0 Å². The van der Waals surface area contributed by atoms with Crippen LogP contribution in [0.3, 0.4) is 0 Å². The topological polar surface area (TPSA) is 129 Å². The van der Waals surface area contributed by atoms with Crippen molar-refractivity contribution in [3.8, 4) is 0 Å². The van der Waals surface area contributed by atoms with E-state index in [-0.39, 0.29) is 49.0 Å². The molecule has 0 saturated carbocycles. The number of aromatic amines is 1. The number of carbonyl (C=O) groups is 1. The van der Waals surface area contributed by atoms with Crippen LogP contribution in [-0.2, 0) is 21.2 Å². The van der Waals surface area contributed by atoms with Crippen molar-refractivity contribution in [2.24, 2.45) is 0 Å². The van der Waals surface area contributed by atoms with E-state index >= 15 is 0 Å². The minimum atomic E-state index is -3.75. The second-order valence-corrected chi connectivity index (χ2v) is 9.83. The van der Waals surface area contributed by atoms with E-state index in [1.54, 1.807) is 41.3 Å². The number of rotatable bonds is 4. The molecule has 0 radical (unpaired) electrons. The molecule has 0 bridgehead atoms. The number of fused-ring (bicyclic) bond motifs is 2. The normalized spacial score (nSPS) is 15.4. The molecule has 1 saturated heterocycles. The Balaban J connectivity index is 1.31. The fourth-order valence-electron chi connectivity index (χ4n) is 3.87. The van der Waals surface area contributed by atoms with Crippen molar-refractivity contribution in [2.75, 3.05) is 26.2 Å². The van der Waals surface area contributed by atoms with Gasteiger partial charge in [0.2, 0.25) is 15.9 Å². The highest BCUT2D eigenvalue weighted by Gasteiger charge is 2.32. The van der Waals surface area contributed by atoms with Gasteiger partial charge in [-0.2, -0.15) is 18.2 Å². The standard InChI is InChI=1S/C20H18N6O4S2/c27-18(12-16-13-4-1-2-5-14(13)20(28)22-21-16)25-8-10-26(11-9-25)32(29,30)17-7-3-6-15-19(17)24-31-23-15/h1-7H,8-12H2,(H,22,28). The molecule has 4 aromatic rings. The van der Waals surface area contributed by atoms with Crippen LogP contribution in [0.2, 0.25) is 0 Å². The molecule has 3 heterocycles. The Morgan fingerprint density at radius 1 is 1.00 bits per heavy atom. The van der Waals surface area contributed by atoms with Gasteiger partial charge in [-0.15, -0.1) is 0 Å². The Bertz CT molecular complexity index is 1490. The highest BCUT2D eigenvalue weighted by Crippen LogP contribution is 2.25. The molecule has 0 atom stereocenters. The maximum atomic E-state index is 13.2. The van der Waals surface area contributed by atoms with E-state index in [1.807, 2.05) is 0 Å². The first-order valence-corrected chi connectivity index (χ1v) is 12.1. The fourth-order valence-corrected chi connectivity index (χ4v) is 6.04. The Kier molecular flexibility index (Phi) is 5.19. The first-order valence-electron chi connectivity index (χ1n) is 9.90. The van der Waals surface area contributed by atoms with Gasteiger partial charge >= 0.3 is 0 Å². The van der Waals surface area contributed by atoms with Crippen molar-refractivity contribution in [2.45, 2.75) is 11.3 Å². The van der Waals surface area contributed by atoms with Crippen LogP contribution in [0.15, 0.2) is 52.2 Å². The molecule has 12 heteroatoms. The van der Waals surface area contributed by atoms with Crippen molar-refractivity contribution < 1.29 is 13.2 Å². The van der Waals surface area contributed by atoms with Gasteiger partial charge in [0.15, 0.2) is 0 Å². The summed E-state index contributed by atoms with van der Waals surface area (Å²) in [6, 6.07) is 11.9. The van der Waals surface area contributed by atoms with E-state index in [2.05, 4.69) is 18.9 Å². The third kappa shape index (κ3) is 3.55. The Morgan fingerprint density at radius 3 is 2.53 bits per heavy atom. The zero-order chi connectivity index (χ0) is 22.3. The zero-order valence-electron chi connectivity index (χ0n) is 16.8. The van der Waals surface area contributed by atoms with Crippen molar-refractivity contribution in [3.63, 3.8) is 0 Å². The number of amides is 1. The van der Waals surface area contributed by atoms with Crippen LogP contribution < -0.4 is 5.56 Å². The van der Waals surface area contributed by atoms with Crippen LogP contribution in [0.4, 0.5) is 0 Å². The van der Waals surface area contributed by atoms with Gasteiger partial charge in [0.1, 0.15) is 15.9 Å². The van der Waals surface area contributed by atoms with E-state index in [0.717, 1.165) is 11.7 Å². The third-order valence-corrected chi connectivity index (χ3v) is 8.02. The van der Waals surface area contributed by atoms with Crippen molar-refractivity contribution >= 4 is 49.5 Å². The maximum Gasteiger partial charge on any atom is 0.272 e. The monoisotopic (exact) mass is 470 g/mol. The second-order valence-electron chi connectivity index (χ2n) is 7.39. The van der Waals surface area contributed by atoms with Gasteiger partial charge in [-0.1, -0.05) is 24.3 Å². The van der Waals surface area contributed by atoms with Gasteiger partial charge in [0, 0.05) is 31.6 Å². The predicted molar refractivity (Wildman–Crippen MR) is 119 cm³/mol. The lowest BCUT2D eigenvalue weighted by Gasteiger charge is -2.34. The summed E-state index contributed by atoms with van der Waals surface area (Å²) in [5, 5.41) is 7.60. The molecule has 0 unspecified atom stereocenters. The fraction of sp³-hybridized carbons (Fsp3) is 0.250. The molecule has 5 rings (SSSR count). The van der Waals surface area contributed by atoms with Gasteiger partial charge in [0.25, 0.3) is 5.56 Å². The molecule has 0 aliphatic carbocycles. The molecular formula is C20H18N6O4S2. The van der Waals surface area contributed by atoms with Crippen LogP contribution in [0.1, 0.15) is 5.69 Å². The summed E-state index contributed by atoms with van der Waals surface area (Å²) in [7, 11) is -3.75. The highest BCUT2D eigenvalue weighted by atomic mass is 32.2. The summed E-state index contributed by atoms with van der Waals surface area (Å²) in [6.45, 7) is 0.902. The summed E-state index contributed by atoms with van der Waals surface area (Å²) in [5.74, 6) is -0.169. The van der Waals surface area contributed by atoms with E-state index in [1.165, 1.54) is 10.4 Å². The smallest absolute Gasteiger partial charge is 0.272 e. The van der Waals surface area contributed by atoms with Gasteiger partial charge in [-0.3, -0.25) is 9.59 Å². The number of nitrogens with zero attached hydrogens (tertiary/aromatic N) is 5. The minimum absolute atomic E-state index is 0.0217. The van der Waals surface area contributed by atoms with E-state index < -0.39 is 10.0 Å². The molecule has 2 aromatic heterocycles. The molecule has 1 fully saturated rings.